The number of carbonyl (C=O) groups is 1. The molecule has 4 heteroatoms. The third kappa shape index (κ3) is 2.82. The van der Waals surface area contributed by atoms with Crippen molar-refractivity contribution in [3.8, 4) is 5.75 Å². The van der Waals surface area contributed by atoms with Crippen molar-refractivity contribution in [3.05, 3.63) is 29.8 Å². The lowest BCUT2D eigenvalue weighted by atomic mass is 10.0. The van der Waals surface area contributed by atoms with E-state index in [1.54, 1.807) is 25.3 Å². The minimum Gasteiger partial charge on any atom is -0.497 e. The number of aliphatic hydroxyl groups excluding tert-OH is 1. The third-order valence-corrected chi connectivity index (χ3v) is 3.54. The van der Waals surface area contributed by atoms with Crippen molar-refractivity contribution in [1.82, 2.24) is 5.32 Å². The lowest BCUT2D eigenvalue weighted by Gasteiger charge is -2.19. The average molecular weight is 249 g/mol. The summed E-state index contributed by atoms with van der Waals surface area (Å²) in [5.74, 6) is 0.770. The van der Waals surface area contributed by atoms with E-state index >= 15 is 0 Å². The van der Waals surface area contributed by atoms with E-state index in [0.29, 0.717) is 11.3 Å². The van der Waals surface area contributed by atoms with Crippen molar-refractivity contribution in [2.24, 2.45) is 5.92 Å². The second-order valence-corrected chi connectivity index (χ2v) is 4.69. The minimum absolute atomic E-state index is 0.0914. The molecule has 98 valence electrons. The summed E-state index contributed by atoms with van der Waals surface area (Å²) in [6.07, 6.45) is 2.99. The Morgan fingerprint density at radius 3 is 3.06 bits per heavy atom. The van der Waals surface area contributed by atoms with Gasteiger partial charge in [-0.2, -0.15) is 0 Å². The molecule has 1 aliphatic rings. The molecule has 0 heterocycles. The van der Waals surface area contributed by atoms with Crippen molar-refractivity contribution >= 4 is 5.91 Å². The number of benzene rings is 1. The van der Waals surface area contributed by atoms with Gasteiger partial charge >= 0.3 is 0 Å². The monoisotopic (exact) mass is 249 g/mol. The number of aliphatic hydroxyl groups is 1. The van der Waals surface area contributed by atoms with Crippen molar-refractivity contribution in [2.45, 2.75) is 25.3 Å². The lowest BCUT2D eigenvalue weighted by Crippen LogP contribution is -2.38. The minimum atomic E-state index is -0.0979. The summed E-state index contributed by atoms with van der Waals surface area (Å²) in [5, 5.41) is 12.2. The first-order chi connectivity index (χ1) is 8.74. The Bertz CT molecular complexity index is 419. The lowest BCUT2D eigenvalue weighted by molar-refractivity contribution is 0.0915. The van der Waals surface area contributed by atoms with Gasteiger partial charge in [0.15, 0.2) is 0 Å². The van der Waals surface area contributed by atoms with Gasteiger partial charge in [0.25, 0.3) is 5.91 Å². The topological polar surface area (TPSA) is 58.6 Å². The zero-order valence-corrected chi connectivity index (χ0v) is 10.6. The Morgan fingerprint density at radius 2 is 2.33 bits per heavy atom. The fourth-order valence-corrected chi connectivity index (χ4v) is 2.46. The van der Waals surface area contributed by atoms with Gasteiger partial charge in [0.1, 0.15) is 5.75 Å². The molecule has 0 bridgehead atoms. The standard InChI is InChI=1S/C14H19NO3/c1-18-12-6-2-4-10(8-12)14(17)15-13-7-3-5-11(13)9-16/h2,4,6,8,11,13,16H,3,5,7,9H2,1H3,(H,15,17). The van der Waals surface area contributed by atoms with E-state index in [1.165, 1.54) is 0 Å². The molecule has 1 amide bonds. The molecule has 1 aromatic rings. The van der Waals surface area contributed by atoms with Crippen LogP contribution in [0.1, 0.15) is 29.6 Å². The van der Waals surface area contributed by atoms with Crippen LogP contribution in [0.4, 0.5) is 0 Å². The highest BCUT2D eigenvalue weighted by Gasteiger charge is 2.28. The summed E-state index contributed by atoms with van der Waals surface area (Å²) in [6, 6.07) is 7.18. The quantitative estimate of drug-likeness (QED) is 0.852. The summed E-state index contributed by atoms with van der Waals surface area (Å²) >= 11 is 0. The molecule has 1 fully saturated rings. The predicted octanol–water partition coefficient (Wildman–Crippen LogP) is 1.59. The van der Waals surface area contributed by atoms with Crippen LogP contribution < -0.4 is 10.1 Å². The highest BCUT2D eigenvalue weighted by Crippen LogP contribution is 2.25. The Kier molecular flexibility index (Phi) is 4.20. The van der Waals surface area contributed by atoms with E-state index in [1.807, 2.05) is 6.07 Å². The maximum atomic E-state index is 12.1. The molecule has 18 heavy (non-hydrogen) atoms. The van der Waals surface area contributed by atoms with E-state index in [9.17, 15) is 9.90 Å². The molecule has 2 unspecified atom stereocenters. The van der Waals surface area contributed by atoms with Crippen molar-refractivity contribution < 1.29 is 14.6 Å². The van der Waals surface area contributed by atoms with Gasteiger partial charge in [-0.25, -0.2) is 0 Å². The van der Waals surface area contributed by atoms with Gasteiger partial charge in [0.2, 0.25) is 0 Å². The molecule has 4 nitrogen and oxygen atoms in total. The Balaban J connectivity index is 2.02. The van der Waals surface area contributed by atoms with Gasteiger partial charge in [0, 0.05) is 24.1 Å². The molecule has 0 aliphatic heterocycles. The normalized spacial score (nSPS) is 22.8. The summed E-state index contributed by atoms with van der Waals surface area (Å²) in [6.45, 7) is 0.142. The van der Waals surface area contributed by atoms with Gasteiger partial charge in [-0.3, -0.25) is 4.79 Å². The maximum absolute atomic E-state index is 12.1. The number of rotatable bonds is 4. The van der Waals surface area contributed by atoms with Gasteiger partial charge in [-0.1, -0.05) is 12.5 Å². The zero-order chi connectivity index (χ0) is 13.0. The zero-order valence-electron chi connectivity index (χ0n) is 10.6. The number of amides is 1. The van der Waals surface area contributed by atoms with Crippen LogP contribution >= 0.6 is 0 Å². The number of hydrogen-bond donors (Lipinski definition) is 2. The highest BCUT2D eigenvalue weighted by atomic mass is 16.5. The van der Waals surface area contributed by atoms with Crippen LogP contribution in [0.3, 0.4) is 0 Å². The van der Waals surface area contributed by atoms with Gasteiger partial charge in [-0.05, 0) is 31.0 Å². The Labute approximate surface area is 107 Å². The van der Waals surface area contributed by atoms with Crippen LogP contribution in [-0.2, 0) is 0 Å². The molecule has 0 aromatic heterocycles. The van der Waals surface area contributed by atoms with Gasteiger partial charge < -0.3 is 15.2 Å². The molecule has 0 radical (unpaired) electrons. The second kappa shape index (κ2) is 5.87. The van der Waals surface area contributed by atoms with Crippen LogP contribution in [0.15, 0.2) is 24.3 Å². The number of carbonyl (C=O) groups excluding carboxylic acids is 1. The first kappa shape index (κ1) is 12.9. The highest BCUT2D eigenvalue weighted by molar-refractivity contribution is 5.94. The molecule has 2 atom stereocenters. The van der Waals surface area contributed by atoms with Crippen molar-refractivity contribution in [3.63, 3.8) is 0 Å². The summed E-state index contributed by atoms with van der Waals surface area (Å²) in [7, 11) is 1.58. The molecule has 1 aliphatic carbocycles. The SMILES string of the molecule is COc1cccc(C(=O)NC2CCCC2CO)c1. The van der Waals surface area contributed by atoms with E-state index < -0.39 is 0 Å². The smallest absolute Gasteiger partial charge is 0.251 e. The van der Waals surface area contributed by atoms with Gasteiger partial charge in [0.05, 0.1) is 7.11 Å². The van der Waals surface area contributed by atoms with Crippen LogP contribution in [0.2, 0.25) is 0 Å². The van der Waals surface area contributed by atoms with E-state index in [0.717, 1.165) is 19.3 Å². The second-order valence-electron chi connectivity index (χ2n) is 4.69. The van der Waals surface area contributed by atoms with E-state index in [2.05, 4.69) is 5.32 Å². The molecular formula is C14H19NO3. The number of ether oxygens (including phenoxy) is 1. The fraction of sp³-hybridized carbons (Fsp3) is 0.500. The van der Waals surface area contributed by atoms with Crippen molar-refractivity contribution in [2.75, 3.05) is 13.7 Å². The largest absolute Gasteiger partial charge is 0.497 e. The summed E-state index contributed by atoms with van der Waals surface area (Å²) < 4.78 is 5.10. The molecular weight excluding hydrogens is 230 g/mol. The Hall–Kier alpha value is -1.55. The van der Waals surface area contributed by atoms with Crippen LogP contribution in [-0.4, -0.2) is 30.8 Å². The molecule has 0 spiro atoms. The summed E-state index contributed by atoms with van der Waals surface area (Å²) in [4.78, 5) is 12.1. The van der Waals surface area contributed by atoms with E-state index in [-0.39, 0.29) is 24.5 Å². The molecule has 2 rings (SSSR count). The molecule has 2 N–H and O–H groups in total. The number of nitrogens with one attached hydrogen (secondary N) is 1. The van der Waals surface area contributed by atoms with Crippen molar-refractivity contribution in [1.29, 1.82) is 0 Å². The summed E-state index contributed by atoms with van der Waals surface area (Å²) in [5.41, 5.74) is 0.595. The van der Waals surface area contributed by atoms with Crippen LogP contribution in [0, 0.1) is 5.92 Å². The average Bonchev–Trinajstić information content (AvgIpc) is 2.86. The number of hydrogen-bond acceptors (Lipinski definition) is 3. The first-order valence-electron chi connectivity index (χ1n) is 6.30. The van der Waals surface area contributed by atoms with Crippen LogP contribution in [0.25, 0.3) is 0 Å². The predicted molar refractivity (Wildman–Crippen MR) is 68.7 cm³/mol. The molecule has 1 aromatic carbocycles. The number of methoxy groups -OCH3 is 1. The third-order valence-electron chi connectivity index (χ3n) is 3.54. The van der Waals surface area contributed by atoms with Gasteiger partial charge in [-0.15, -0.1) is 0 Å². The molecule has 0 saturated heterocycles. The fourth-order valence-electron chi connectivity index (χ4n) is 2.46. The van der Waals surface area contributed by atoms with Crippen LogP contribution in [0.5, 0.6) is 5.75 Å². The Morgan fingerprint density at radius 1 is 1.50 bits per heavy atom. The van der Waals surface area contributed by atoms with E-state index in [4.69, 9.17) is 4.74 Å². The maximum Gasteiger partial charge on any atom is 0.251 e. The first-order valence-corrected chi connectivity index (χ1v) is 6.30. The molecule has 1 saturated carbocycles.